The van der Waals surface area contributed by atoms with E-state index >= 15 is 0 Å². The molecule has 54 valence electrons. The number of aliphatic carboxylic acids is 1. The minimum absolute atomic E-state index is 0. The van der Waals surface area contributed by atoms with E-state index in [0.29, 0.717) is 0 Å². The smallest absolute Gasteiger partial charge is 0.907 e. The van der Waals surface area contributed by atoms with Gasteiger partial charge in [0, 0.05) is 0 Å². The van der Waals surface area contributed by atoms with E-state index in [1.54, 1.807) is 0 Å². The first kappa shape index (κ1) is 22.9. The first-order valence-corrected chi connectivity index (χ1v) is 1.80. The Balaban J connectivity index is -0.0000000383. The summed E-state index contributed by atoms with van der Waals surface area (Å²) in [5.41, 5.74) is 0. The van der Waals surface area contributed by atoms with Crippen LogP contribution in [0.15, 0.2) is 0 Å². The van der Waals surface area contributed by atoms with Crippen LogP contribution >= 0.6 is 0 Å². The van der Waals surface area contributed by atoms with Crippen molar-refractivity contribution in [2.24, 2.45) is 0 Å². The Kier molecular flexibility index (Phi) is 36.6. The molecule has 0 saturated carbocycles. The van der Waals surface area contributed by atoms with Gasteiger partial charge >= 0.3 is 73.7 Å². The fourth-order valence-electron chi connectivity index (χ4n) is 0. The molecular weight excluding hydrogens is 275 g/mol. The third-order valence-electron chi connectivity index (χ3n) is 0.135. The number of hydrogen-bond acceptors (Lipinski definition) is 5. The molecule has 0 rings (SSSR count). The number of aliphatic hydroxyl groups is 1. The molecule has 0 bridgehead atoms. The first-order chi connectivity index (χ1) is 4.00. The number of rotatable bonds is 1. The predicted molar refractivity (Wildman–Crippen MR) is 26.2 cm³/mol. The van der Waals surface area contributed by atoms with Gasteiger partial charge in [0.2, 0.25) is 0 Å². The Labute approximate surface area is 116 Å². The molecular formula is C2H4BBaLiO6. The maximum atomic E-state index is 9.12. The van der Waals surface area contributed by atoms with E-state index in [9.17, 15) is 0 Å². The topological polar surface area (TPSA) is 127 Å². The van der Waals surface area contributed by atoms with Crippen molar-refractivity contribution >= 4 is 62.2 Å². The number of carbonyl (C=O) groups is 1. The molecule has 2 N–H and O–H groups in total. The molecule has 9 heteroatoms. The molecule has 0 spiro atoms. The van der Waals surface area contributed by atoms with Gasteiger partial charge in [-0.15, -0.1) is 0 Å². The number of carboxylic acids is 1. The summed E-state index contributed by atoms with van der Waals surface area (Å²) in [6, 6.07) is 0. The van der Waals surface area contributed by atoms with E-state index in [2.05, 4.69) is 0 Å². The van der Waals surface area contributed by atoms with Crippen molar-refractivity contribution in [2.45, 2.75) is 0 Å². The fraction of sp³-hybridized carbons (Fsp3) is 0.500. The molecule has 0 unspecified atom stereocenters. The van der Waals surface area contributed by atoms with Crippen LogP contribution in [0, 0.1) is 0 Å². The third-order valence-corrected chi connectivity index (χ3v) is 0.135. The summed E-state index contributed by atoms with van der Waals surface area (Å²) in [5.74, 6) is -1.19. The Morgan fingerprint density at radius 2 is 1.45 bits per heavy atom. The zero-order valence-electron chi connectivity index (χ0n) is 6.02. The molecule has 0 aliphatic carbocycles. The molecule has 0 aromatic heterocycles. The molecule has 0 heterocycles. The molecule has 6 nitrogen and oxygen atoms in total. The van der Waals surface area contributed by atoms with Crippen molar-refractivity contribution in [3.05, 3.63) is 0 Å². The van der Waals surface area contributed by atoms with Gasteiger partial charge < -0.3 is 25.3 Å². The van der Waals surface area contributed by atoms with Gasteiger partial charge in [0.25, 0.3) is 0 Å². The van der Waals surface area contributed by atoms with Gasteiger partial charge in [0.1, 0.15) is 6.61 Å². The van der Waals surface area contributed by atoms with Crippen LogP contribution in [-0.2, 0) is 4.79 Å². The molecule has 0 aromatic rings. The summed E-state index contributed by atoms with van der Waals surface area (Å²) in [6.45, 7) is -0.778. The first-order valence-electron chi connectivity index (χ1n) is 1.80. The van der Waals surface area contributed by atoms with Gasteiger partial charge in [-0.05, 0) is 0 Å². The van der Waals surface area contributed by atoms with E-state index in [4.69, 9.17) is 30.1 Å². The van der Waals surface area contributed by atoms with E-state index < -0.39 is 19.9 Å². The zero-order chi connectivity index (χ0) is 7.86. The molecule has 0 fully saturated rings. The van der Waals surface area contributed by atoms with Crippen molar-refractivity contribution in [2.75, 3.05) is 6.61 Å². The van der Waals surface area contributed by atoms with Crippen molar-refractivity contribution in [3.63, 3.8) is 0 Å². The fourth-order valence-corrected chi connectivity index (χ4v) is 0. The van der Waals surface area contributed by atoms with Crippen LogP contribution in [0.25, 0.3) is 0 Å². The molecule has 0 aromatic carbocycles. The van der Waals surface area contributed by atoms with Crippen LogP contribution < -0.4 is 33.9 Å². The molecule has 11 heavy (non-hydrogen) atoms. The molecule has 0 saturated heterocycles. The second-order valence-corrected chi connectivity index (χ2v) is 0.841. The average Bonchev–Trinajstić information content (AvgIpc) is 1.65. The van der Waals surface area contributed by atoms with Crippen molar-refractivity contribution in [1.29, 1.82) is 0 Å². The normalized spacial score (nSPS) is 5.82. The zero-order valence-corrected chi connectivity index (χ0v) is 10.5. The van der Waals surface area contributed by atoms with Crippen LogP contribution in [0.3, 0.4) is 0 Å². The van der Waals surface area contributed by atoms with E-state index in [-0.39, 0.29) is 67.7 Å². The molecule has 0 amide bonds. The second kappa shape index (κ2) is 17.6. The van der Waals surface area contributed by atoms with Crippen LogP contribution in [0.2, 0.25) is 0 Å². The average molecular weight is 279 g/mol. The monoisotopic (exact) mass is 280 g/mol. The summed E-state index contributed by atoms with van der Waals surface area (Å²) in [4.78, 5) is 9.12. The second-order valence-electron chi connectivity index (χ2n) is 0.841. The predicted octanol–water partition coefficient (Wildman–Crippen LogP) is -8.26. The maximum Gasteiger partial charge on any atom is 2.00 e. The largest absolute Gasteiger partial charge is 2.00 e. The van der Waals surface area contributed by atoms with Crippen LogP contribution in [0.1, 0.15) is 0 Å². The molecule has 0 aliphatic rings. The van der Waals surface area contributed by atoms with Gasteiger partial charge in [-0.25, -0.2) is 4.79 Å². The van der Waals surface area contributed by atoms with Crippen LogP contribution in [0.5, 0.6) is 0 Å². The van der Waals surface area contributed by atoms with Gasteiger partial charge in [0.05, 0.1) is 0 Å². The summed E-state index contributed by atoms with van der Waals surface area (Å²) in [7, 11) is -2.92. The van der Waals surface area contributed by atoms with Gasteiger partial charge in [0.15, 0.2) is 0 Å². The van der Waals surface area contributed by atoms with Gasteiger partial charge in [-0.3, -0.25) is 7.32 Å². The Morgan fingerprint density at radius 1 is 1.36 bits per heavy atom. The number of carboxylic acid groups (broad SMARTS) is 1. The Bertz CT molecular complexity index is 78.2. The summed E-state index contributed by atoms with van der Waals surface area (Å²) in [6.07, 6.45) is 0. The minimum Gasteiger partial charge on any atom is -0.907 e. The van der Waals surface area contributed by atoms with Crippen LogP contribution in [-0.4, -0.2) is 79.0 Å². The minimum atomic E-state index is -2.92. The number of hydrogen-bond donors (Lipinski definition) is 2. The van der Waals surface area contributed by atoms with E-state index in [1.807, 2.05) is 0 Å². The van der Waals surface area contributed by atoms with E-state index in [0.717, 1.165) is 0 Å². The molecule has 0 aliphatic heterocycles. The quantitative estimate of drug-likeness (QED) is 0.459. The standard InChI is InChI=1S/C2H4O3.BO3.Ba.Li/c3-1-2(4)5;2-1(3)4;;/h3H,1H2,(H,4,5);;;/q;-3;+2;+1. The maximum absolute atomic E-state index is 9.12. The summed E-state index contributed by atoms with van der Waals surface area (Å²) >= 11 is 0. The van der Waals surface area contributed by atoms with E-state index in [1.165, 1.54) is 0 Å². The number of aliphatic hydroxyl groups excluding tert-OH is 1. The van der Waals surface area contributed by atoms with Crippen molar-refractivity contribution < 1.29 is 48.9 Å². The van der Waals surface area contributed by atoms with Gasteiger partial charge in [-0.2, -0.15) is 0 Å². The summed E-state index contributed by atoms with van der Waals surface area (Å²) in [5, 5.41) is 40.3. The molecule has 0 radical (unpaired) electrons. The molecule has 0 atom stereocenters. The van der Waals surface area contributed by atoms with Crippen molar-refractivity contribution in [1.82, 2.24) is 0 Å². The van der Waals surface area contributed by atoms with Crippen molar-refractivity contribution in [3.8, 4) is 0 Å². The van der Waals surface area contributed by atoms with Gasteiger partial charge in [-0.1, -0.05) is 0 Å². The SMILES string of the molecule is O=C(O)CO.[Ba+2].[Li+].[O-]B([O-])[O-]. The Hall–Kier alpha value is 1.54. The third kappa shape index (κ3) is 83.7. The van der Waals surface area contributed by atoms with Crippen LogP contribution in [0.4, 0.5) is 0 Å². The Morgan fingerprint density at radius 3 is 1.45 bits per heavy atom. The summed E-state index contributed by atoms with van der Waals surface area (Å²) < 4.78 is 0.